The van der Waals surface area contributed by atoms with Gasteiger partial charge in [-0.2, -0.15) is 0 Å². The molecule has 2 unspecified atom stereocenters. The summed E-state index contributed by atoms with van der Waals surface area (Å²) < 4.78 is 0. The summed E-state index contributed by atoms with van der Waals surface area (Å²) in [7, 11) is 0. The molecule has 15 heavy (non-hydrogen) atoms. The van der Waals surface area contributed by atoms with Crippen LogP contribution in [0.25, 0.3) is 0 Å². The molecule has 0 radical (unpaired) electrons. The Morgan fingerprint density at radius 3 is 2.73 bits per heavy atom. The van der Waals surface area contributed by atoms with Crippen LogP contribution in [0.5, 0.6) is 0 Å². The lowest BCUT2D eigenvalue weighted by molar-refractivity contribution is 0.372. The van der Waals surface area contributed by atoms with Gasteiger partial charge in [-0.05, 0) is 45.1 Å². The quantitative estimate of drug-likeness (QED) is 0.535. The number of hydrogen-bond donors (Lipinski definition) is 1. The number of nitrogens with one attached hydrogen (secondary N) is 1. The average Bonchev–Trinajstić information content (AvgIpc) is 2.41. The molecule has 0 aromatic carbocycles. The van der Waals surface area contributed by atoms with Gasteiger partial charge in [0, 0.05) is 6.04 Å². The molecule has 0 bridgehead atoms. The van der Waals surface area contributed by atoms with Crippen LogP contribution in [0.1, 0.15) is 58.8 Å². The van der Waals surface area contributed by atoms with Crippen molar-refractivity contribution in [3.8, 4) is 0 Å². The maximum atomic E-state index is 4.00. The van der Waals surface area contributed by atoms with Crippen molar-refractivity contribution in [2.75, 3.05) is 6.54 Å². The third kappa shape index (κ3) is 5.36. The standard InChI is InChI=1S/C14H27N/c1-4-15-14-8-6-5-7-13(11-14)10-9-12(2)3/h13-15H,2,4-11H2,1,3H3. The van der Waals surface area contributed by atoms with Crippen molar-refractivity contribution in [2.24, 2.45) is 5.92 Å². The maximum Gasteiger partial charge on any atom is 0.00695 e. The fourth-order valence-corrected chi connectivity index (χ4v) is 2.65. The Morgan fingerprint density at radius 1 is 1.33 bits per heavy atom. The van der Waals surface area contributed by atoms with E-state index >= 15 is 0 Å². The highest BCUT2D eigenvalue weighted by molar-refractivity contribution is 4.89. The summed E-state index contributed by atoms with van der Waals surface area (Å²) >= 11 is 0. The molecule has 88 valence electrons. The van der Waals surface area contributed by atoms with E-state index in [4.69, 9.17) is 0 Å². The summed E-state index contributed by atoms with van der Waals surface area (Å²) in [5.41, 5.74) is 1.35. The molecule has 1 heteroatoms. The molecule has 0 heterocycles. The van der Waals surface area contributed by atoms with Crippen LogP contribution in [-0.4, -0.2) is 12.6 Å². The smallest absolute Gasteiger partial charge is 0.00695 e. The van der Waals surface area contributed by atoms with Crippen LogP contribution in [0.4, 0.5) is 0 Å². The average molecular weight is 209 g/mol. The maximum absolute atomic E-state index is 4.00. The van der Waals surface area contributed by atoms with Gasteiger partial charge in [-0.15, -0.1) is 6.58 Å². The van der Waals surface area contributed by atoms with E-state index in [0.717, 1.165) is 18.5 Å². The first-order chi connectivity index (χ1) is 7.22. The van der Waals surface area contributed by atoms with E-state index in [1.807, 2.05) is 0 Å². The Morgan fingerprint density at radius 2 is 2.07 bits per heavy atom. The third-order valence-electron chi connectivity index (χ3n) is 3.50. The second kappa shape index (κ2) is 7.05. The Bertz CT molecular complexity index is 186. The largest absolute Gasteiger partial charge is 0.314 e. The molecule has 0 saturated heterocycles. The first-order valence-corrected chi connectivity index (χ1v) is 6.60. The molecule has 1 rings (SSSR count). The lowest BCUT2D eigenvalue weighted by atomic mass is 9.92. The highest BCUT2D eigenvalue weighted by Gasteiger charge is 2.18. The van der Waals surface area contributed by atoms with Crippen LogP contribution in [0, 0.1) is 5.92 Å². The Hall–Kier alpha value is -0.300. The van der Waals surface area contributed by atoms with Gasteiger partial charge in [-0.25, -0.2) is 0 Å². The minimum Gasteiger partial charge on any atom is -0.314 e. The highest BCUT2D eigenvalue weighted by Crippen LogP contribution is 2.27. The van der Waals surface area contributed by atoms with Gasteiger partial charge in [0.05, 0.1) is 0 Å². The molecular formula is C14H27N. The fourth-order valence-electron chi connectivity index (χ4n) is 2.65. The van der Waals surface area contributed by atoms with E-state index in [2.05, 4.69) is 25.7 Å². The van der Waals surface area contributed by atoms with Gasteiger partial charge in [-0.1, -0.05) is 31.8 Å². The SMILES string of the molecule is C=C(C)CCC1CCCCC(NCC)C1. The van der Waals surface area contributed by atoms with Crippen molar-refractivity contribution in [3.63, 3.8) is 0 Å². The molecule has 1 N–H and O–H groups in total. The second-order valence-corrected chi connectivity index (χ2v) is 5.14. The van der Waals surface area contributed by atoms with Crippen LogP contribution in [-0.2, 0) is 0 Å². The van der Waals surface area contributed by atoms with Gasteiger partial charge in [0.1, 0.15) is 0 Å². The molecule has 1 aliphatic rings. The monoisotopic (exact) mass is 209 g/mol. The minimum absolute atomic E-state index is 0.785. The van der Waals surface area contributed by atoms with Crippen LogP contribution in [0.2, 0.25) is 0 Å². The lowest BCUT2D eigenvalue weighted by Gasteiger charge is -2.20. The first kappa shape index (κ1) is 12.8. The zero-order valence-corrected chi connectivity index (χ0v) is 10.5. The topological polar surface area (TPSA) is 12.0 Å². The summed E-state index contributed by atoms with van der Waals surface area (Å²) in [4.78, 5) is 0. The Labute approximate surface area is 95.3 Å². The Balaban J connectivity index is 2.31. The number of hydrogen-bond acceptors (Lipinski definition) is 1. The van der Waals surface area contributed by atoms with E-state index < -0.39 is 0 Å². The highest BCUT2D eigenvalue weighted by atomic mass is 14.9. The molecule has 0 aromatic rings. The van der Waals surface area contributed by atoms with Gasteiger partial charge in [0.15, 0.2) is 0 Å². The zero-order valence-electron chi connectivity index (χ0n) is 10.5. The van der Waals surface area contributed by atoms with Crippen molar-refractivity contribution in [1.29, 1.82) is 0 Å². The van der Waals surface area contributed by atoms with Crippen molar-refractivity contribution in [2.45, 2.75) is 64.8 Å². The van der Waals surface area contributed by atoms with Crippen LogP contribution in [0.3, 0.4) is 0 Å². The summed E-state index contributed by atoms with van der Waals surface area (Å²) in [6.45, 7) is 9.49. The molecular weight excluding hydrogens is 182 g/mol. The van der Waals surface area contributed by atoms with Crippen LogP contribution in [0.15, 0.2) is 12.2 Å². The minimum atomic E-state index is 0.785. The van der Waals surface area contributed by atoms with Crippen molar-refractivity contribution >= 4 is 0 Å². The van der Waals surface area contributed by atoms with Gasteiger partial charge in [-0.3, -0.25) is 0 Å². The molecule has 0 spiro atoms. The molecule has 1 saturated carbocycles. The molecule has 2 atom stereocenters. The number of allylic oxidation sites excluding steroid dienone is 1. The van der Waals surface area contributed by atoms with Gasteiger partial charge in [0.2, 0.25) is 0 Å². The molecule has 1 nitrogen and oxygen atoms in total. The molecule has 0 amide bonds. The van der Waals surface area contributed by atoms with E-state index in [9.17, 15) is 0 Å². The second-order valence-electron chi connectivity index (χ2n) is 5.14. The summed E-state index contributed by atoms with van der Waals surface area (Å²) in [5, 5.41) is 3.62. The molecule has 1 fully saturated rings. The van der Waals surface area contributed by atoms with Gasteiger partial charge in [0.25, 0.3) is 0 Å². The van der Waals surface area contributed by atoms with E-state index in [0.29, 0.717) is 0 Å². The number of rotatable bonds is 5. The predicted molar refractivity (Wildman–Crippen MR) is 68.1 cm³/mol. The predicted octanol–water partition coefficient (Wildman–Crippen LogP) is 3.90. The normalized spacial score (nSPS) is 27.3. The molecule has 0 aromatic heterocycles. The molecule has 1 aliphatic carbocycles. The summed E-state index contributed by atoms with van der Waals surface area (Å²) in [6, 6.07) is 0.785. The first-order valence-electron chi connectivity index (χ1n) is 6.60. The van der Waals surface area contributed by atoms with Gasteiger partial charge < -0.3 is 5.32 Å². The van der Waals surface area contributed by atoms with Crippen molar-refractivity contribution < 1.29 is 0 Å². The van der Waals surface area contributed by atoms with Crippen molar-refractivity contribution in [3.05, 3.63) is 12.2 Å². The van der Waals surface area contributed by atoms with Gasteiger partial charge >= 0.3 is 0 Å². The van der Waals surface area contributed by atoms with Crippen molar-refractivity contribution in [1.82, 2.24) is 5.32 Å². The van der Waals surface area contributed by atoms with E-state index in [-0.39, 0.29) is 0 Å². The lowest BCUT2D eigenvalue weighted by Crippen LogP contribution is -2.29. The van der Waals surface area contributed by atoms with E-state index in [1.54, 1.807) is 0 Å². The Kier molecular flexibility index (Phi) is 6.00. The molecule has 0 aliphatic heterocycles. The summed E-state index contributed by atoms with van der Waals surface area (Å²) in [5.74, 6) is 0.938. The van der Waals surface area contributed by atoms with Crippen LogP contribution < -0.4 is 5.32 Å². The van der Waals surface area contributed by atoms with E-state index in [1.165, 1.54) is 50.5 Å². The summed E-state index contributed by atoms with van der Waals surface area (Å²) in [6.07, 6.45) is 9.65. The fraction of sp³-hybridized carbons (Fsp3) is 0.857. The van der Waals surface area contributed by atoms with Crippen LogP contribution >= 0.6 is 0 Å². The zero-order chi connectivity index (χ0) is 11.1. The third-order valence-corrected chi connectivity index (χ3v) is 3.50.